The zero-order valence-corrected chi connectivity index (χ0v) is 16.3. The molecule has 0 atom stereocenters. The molecule has 0 unspecified atom stereocenters. The topological polar surface area (TPSA) is 76.1 Å². The Morgan fingerprint density at radius 3 is 2.48 bits per heavy atom. The molecule has 27 heavy (non-hydrogen) atoms. The number of carbonyl (C=O) groups excluding carboxylic acids is 1. The summed E-state index contributed by atoms with van der Waals surface area (Å²) in [5, 5.41) is 6.27. The first kappa shape index (κ1) is 19.1. The Bertz CT molecular complexity index is 768. The van der Waals surface area contributed by atoms with Crippen molar-refractivity contribution in [3.05, 3.63) is 41.7 Å². The van der Waals surface area contributed by atoms with E-state index in [2.05, 4.69) is 20.6 Å². The van der Waals surface area contributed by atoms with Gasteiger partial charge >= 0.3 is 0 Å². The van der Waals surface area contributed by atoms with E-state index < -0.39 is 0 Å². The number of hydrogen-bond donors (Lipinski definition) is 2. The second-order valence-corrected chi connectivity index (χ2v) is 7.34. The van der Waals surface area contributed by atoms with Gasteiger partial charge < -0.3 is 15.4 Å². The van der Waals surface area contributed by atoms with Crippen LogP contribution in [0.3, 0.4) is 0 Å². The lowest BCUT2D eigenvalue weighted by Gasteiger charge is -2.22. The highest BCUT2D eigenvalue weighted by atomic mass is 16.5. The van der Waals surface area contributed by atoms with Crippen molar-refractivity contribution in [2.24, 2.45) is 0 Å². The molecule has 0 bridgehead atoms. The van der Waals surface area contributed by atoms with Crippen molar-refractivity contribution >= 4 is 17.5 Å². The number of nitrogens with one attached hydrogen (secondary N) is 2. The molecule has 144 valence electrons. The molecular formula is C21H28N4O2. The molecule has 0 radical (unpaired) electrons. The van der Waals surface area contributed by atoms with Gasteiger partial charge in [0.25, 0.3) is 5.91 Å². The lowest BCUT2D eigenvalue weighted by atomic mass is 9.95. The lowest BCUT2D eigenvalue weighted by Crippen LogP contribution is -2.36. The Kier molecular flexibility index (Phi) is 6.27. The standard InChI is InChI=1S/C21H28N4O2/c1-14(2)27-18-11-9-17(10-12-18)24-21-22-15(3)13-19(25-21)20(26)23-16-7-5-4-6-8-16/h9-14,16H,4-8H2,1-3H3,(H,23,26)(H,22,24,25). The van der Waals surface area contributed by atoms with Crippen LogP contribution in [0.25, 0.3) is 0 Å². The van der Waals surface area contributed by atoms with E-state index in [1.165, 1.54) is 19.3 Å². The van der Waals surface area contributed by atoms with E-state index in [-0.39, 0.29) is 18.1 Å². The van der Waals surface area contributed by atoms with Gasteiger partial charge in [-0.3, -0.25) is 4.79 Å². The second-order valence-electron chi connectivity index (χ2n) is 7.34. The van der Waals surface area contributed by atoms with Crippen molar-refractivity contribution in [1.29, 1.82) is 0 Å². The van der Waals surface area contributed by atoms with Crippen LogP contribution in [0.5, 0.6) is 5.75 Å². The van der Waals surface area contributed by atoms with Gasteiger partial charge in [0.05, 0.1) is 6.10 Å². The highest BCUT2D eigenvalue weighted by Gasteiger charge is 2.18. The third-order valence-electron chi connectivity index (χ3n) is 4.51. The molecule has 3 rings (SSSR count). The molecule has 1 amide bonds. The first-order valence-corrected chi connectivity index (χ1v) is 9.70. The average Bonchev–Trinajstić information content (AvgIpc) is 2.63. The predicted octanol–water partition coefficient (Wildman–Crippen LogP) is 4.38. The highest BCUT2D eigenvalue weighted by molar-refractivity contribution is 5.92. The summed E-state index contributed by atoms with van der Waals surface area (Å²) in [4.78, 5) is 21.4. The smallest absolute Gasteiger partial charge is 0.270 e. The lowest BCUT2D eigenvalue weighted by molar-refractivity contribution is 0.0922. The molecular weight excluding hydrogens is 340 g/mol. The monoisotopic (exact) mass is 368 g/mol. The van der Waals surface area contributed by atoms with Crippen LogP contribution in [-0.4, -0.2) is 28.0 Å². The minimum atomic E-state index is -0.129. The van der Waals surface area contributed by atoms with Crippen LogP contribution < -0.4 is 15.4 Å². The normalized spacial score (nSPS) is 14.8. The fraction of sp³-hybridized carbons (Fsp3) is 0.476. The summed E-state index contributed by atoms with van der Waals surface area (Å²) < 4.78 is 5.65. The van der Waals surface area contributed by atoms with Crippen molar-refractivity contribution in [2.45, 2.75) is 65.0 Å². The summed E-state index contributed by atoms with van der Waals surface area (Å²) in [5.74, 6) is 1.10. The summed E-state index contributed by atoms with van der Waals surface area (Å²) >= 11 is 0. The van der Waals surface area contributed by atoms with Gasteiger partial charge in [-0.2, -0.15) is 0 Å². The largest absolute Gasteiger partial charge is 0.491 e. The van der Waals surface area contributed by atoms with Crippen LogP contribution in [0, 0.1) is 6.92 Å². The molecule has 1 aromatic carbocycles. The maximum atomic E-state index is 12.6. The van der Waals surface area contributed by atoms with E-state index in [1.807, 2.05) is 45.0 Å². The minimum absolute atomic E-state index is 0.129. The van der Waals surface area contributed by atoms with Gasteiger partial charge in [-0.15, -0.1) is 0 Å². The maximum absolute atomic E-state index is 12.6. The maximum Gasteiger partial charge on any atom is 0.270 e. The minimum Gasteiger partial charge on any atom is -0.491 e. The zero-order chi connectivity index (χ0) is 19.2. The number of ether oxygens (including phenoxy) is 1. The number of hydrogen-bond acceptors (Lipinski definition) is 5. The van der Waals surface area contributed by atoms with Crippen LogP contribution in [0.4, 0.5) is 11.6 Å². The van der Waals surface area contributed by atoms with E-state index in [0.29, 0.717) is 11.6 Å². The first-order valence-electron chi connectivity index (χ1n) is 9.70. The average molecular weight is 368 g/mol. The van der Waals surface area contributed by atoms with Crippen LogP contribution in [-0.2, 0) is 0 Å². The van der Waals surface area contributed by atoms with E-state index >= 15 is 0 Å². The molecule has 1 aliphatic rings. The number of amides is 1. The number of rotatable bonds is 6. The number of carbonyl (C=O) groups is 1. The van der Waals surface area contributed by atoms with Crippen molar-refractivity contribution < 1.29 is 9.53 Å². The van der Waals surface area contributed by atoms with Crippen LogP contribution >= 0.6 is 0 Å². The van der Waals surface area contributed by atoms with Crippen molar-refractivity contribution in [3.63, 3.8) is 0 Å². The fourth-order valence-electron chi connectivity index (χ4n) is 3.27. The number of aryl methyl sites for hydroxylation is 1. The van der Waals surface area contributed by atoms with Gasteiger partial charge in [-0.05, 0) is 63.9 Å². The molecule has 1 fully saturated rings. The Hall–Kier alpha value is -2.63. The molecule has 0 aliphatic heterocycles. The second kappa shape index (κ2) is 8.84. The molecule has 2 aromatic rings. The Morgan fingerprint density at radius 1 is 1.11 bits per heavy atom. The Labute approximate surface area is 160 Å². The molecule has 1 aromatic heterocycles. The Morgan fingerprint density at radius 2 is 1.81 bits per heavy atom. The molecule has 6 nitrogen and oxygen atoms in total. The van der Waals surface area contributed by atoms with Gasteiger partial charge in [0.2, 0.25) is 5.95 Å². The van der Waals surface area contributed by atoms with Gasteiger partial charge in [0.15, 0.2) is 0 Å². The van der Waals surface area contributed by atoms with Gasteiger partial charge in [0.1, 0.15) is 11.4 Å². The van der Waals surface area contributed by atoms with E-state index in [9.17, 15) is 4.79 Å². The summed E-state index contributed by atoms with van der Waals surface area (Å²) in [5.41, 5.74) is 1.99. The summed E-state index contributed by atoms with van der Waals surface area (Å²) in [6.45, 7) is 5.85. The van der Waals surface area contributed by atoms with E-state index in [1.54, 1.807) is 6.07 Å². The molecule has 1 saturated carbocycles. The Balaban J connectivity index is 1.68. The van der Waals surface area contributed by atoms with Crippen molar-refractivity contribution in [2.75, 3.05) is 5.32 Å². The van der Waals surface area contributed by atoms with Gasteiger partial charge in [0, 0.05) is 17.4 Å². The molecule has 6 heteroatoms. The van der Waals surface area contributed by atoms with E-state index in [0.717, 1.165) is 30.0 Å². The van der Waals surface area contributed by atoms with Crippen LogP contribution in [0.2, 0.25) is 0 Å². The molecule has 1 aliphatic carbocycles. The SMILES string of the molecule is Cc1cc(C(=O)NC2CCCCC2)nc(Nc2ccc(OC(C)C)cc2)n1. The third kappa shape index (κ3) is 5.67. The number of anilines is 2. The predicted molar refractivity (Wildman–Crippen MR) is 107 cm³/mol. The summed E-state index contributed by atoms with van der Waals surface area (Å²) in [6.07, 6.45) is 5.84. The number of aromatic nitrogens is 2. The van der Waals surface area contributed by atoms with Gasteiger partial charge in [-0.25, -0.2) is 9.97 Å². The van der Waals surface area contributed by atoms with Crippen molar-refractivity contribution in [1.82, 2.24) is 15.3 Å². The van der Waals surface area contributed by atoms with E-state index in [4.69, 9.17) is 4.74 Å². The molecule has 2 N–H and O–H groups in total. The van der Waals surface area contributed by atoms with Crippen LogP contribution in [0.1, 0.15) is 62.1 Å². The number of benzene rings is 1. The zero-order valence-electron chi connectivity index (χ0n) is 16.3. The quantitative estimate of drug-likeness (QED) is 0.791. The summed E-state index contributed by atoms with van der Waals surface area (Å²) in [7, 11) is 0. The first-order chi connectivity index (χ1) is 13.0. The third-order valence-corrected chi connectivity index (χ3v) is 4.51. The van der Waals surface area contributed by atoms with Gasteiger partial charge in [-0.1, -0.05) is 19.3 Å². The molecule has 0 spiro atoms. The van der Waals surface area contributed by atoms with Crippen LogP contribution in [0.15, 0.2) is 30.3 Å². The van der Waals surface area contributed by atoms with Crippen molar-refractivity contribution in [3.8, 4) is 5.75 Å². The number of nitrogens with zero attached hydrogens (tertiary/aromatic N) is 2. The molecule has 0 saturated heterocycles. The summed E-state index contributed by atoms with van der Waals surface area (Å²) in [6, 6.07) is 9.59. The molecule has 1 heterocycles. The fourth-order valence-corrected chi connectivity index (χ4v) is 3.27. The highest BCUT2D eigenvalue weighted by Crippen LogP contribution is 2.20.